The molecule has 0 saturated carbocycles. The summed E-state index contributed by atoms with van der Waals surface area (Å²) in [4.78, 5) is 5.21. The van der Waals surface area contributed by atoms with Crippen molar-refractivity contribution < 1.29 is 17.4 Å². The van der Waals surface area contributed by atoms with Gasteiger partial charge in [0.15, 0.2) is 8.38 Å². The molecule has 0 spiro atoms. The first-order valence-electron chi connectivity index (χ1n) is 7.95. The summed E-state index contributed by atoms with van der Waals surface area (Å²) in [6.45, 7) is 1.80. The Kier molecular flexibility index (Phi) is 6.19. The van der Waals surface area contributed by atoms with Crippen LogP contribution in [-0.4, -0.2) is 11.6 Å². The highest BCUT2D eigenvalue weighted by Gasteiger charge is 2.29. The number of hydrogen-bond acceptors (Lipinski definition) is 4. The lowest BCUT2D eigenvalue weighted by atomic mass is 10.2. The van der Waals surface area contributed by atoms with Crippen molar-refractivity contribution in [3.05, 3.63) is 65.9 Å². The van der Waals surface area contributed by atoms with Crippen LogP contribution in [0.2, 0.25) is 0 Å². The Morgan fingerprint density at radius 3 is 2.44 bits per heavy atom. The molecule has 0 saturated heterocycles. The second-order valence-electron chi connectivity index (χ2n) is 5.72. The molecule has 3 nitrogen and oxygen atoms in total. The van der Waals surface area contributed by atoms with Gasteiger partial charge < -0.3 is 4.72 Å². The van der Waals surface area contributed by atoms with Crippen molar-refractivity contribution in [1.29, 1.82) is 0 Å². The van der Waals surface area contributed by atoms with Crippen LogP contribution in [0.5, 0.6) is 0 Å². The van der Waals surface area contributed by atoms with Crippen LogP contribution in [0, 0.1) is 0 Å². The molecule has 3 aromatic rings. The topological polar surface area (TPSA) is 37.0 Å². The third-order valence-electron chi connectivity index (χ3n) is 3.72. The van der Waals surface area contributed by atoms with Gasteiger partial charge in [-0.3, -0.25) is 5.09 Å². The average molecular weight is 413 g/mol. The fourth-order valence-corrected chi connectivity index (χ4v) is 3.43. The molecule has 2 N–H and O–H groups in total. The zero-order chi connectivity index (χ0) is 19.4. The van der Waals surface area contributed by atoms with E-state index in [0.29, 0.717) is 17.1 Å². The quantitative estimate of drug-likeness (QED) is 0.280. The molecule has 1 heterocycles. The van der Waals surface area contributed by atoms with E-state index < -0.39 is 20.1 Å². The van der Waals surface area contributed by atoms with E-state index in [2.05, 4.69) is 14.8 Å². The van der Waals surface area contributed by atoms with E-state index in [9.17, 15) is 17.4 Å². The van der Waals surface area contributed by atoms with E-state index in [-0.39, 0.29) is 0 Å². The summed E-state index contributed by atoms with van der Waals surface area (Å²) < 4.78 is 54.1. The minimum absolute atomic E-state index is 0.328. The predicted octanol–water partition coefficient (Wildman–Crippen LogP) is 6.37. The van der Waals surface area contributed by atoms with Crippen LogP contribution in [0.1, 0.15) is 11.3 Å². The second kappa shape index (κ2) is 8.42. The molecule has 2 aromatic carbocycles. The maximum Gasteiger partial charge on any atom is 0.416 e. The Hall–Kier alpha value is -1.89. The molecular weight excluding hydrogens is 397 g/mol. The number of rotatable bonds is 6. The van der Waals surface area contributed by atoms with Crippen molar-refractivity contribution in [2.24, 2.45) is 0 Å². The van der Waals surface area contributed by atoms with Gasteiger partial charge >= 0.3 is 6.18 Å². The minimum Gasteiger partial charge on any atom is -0.324 e. The summed E-state index contributed by atoms with van der Waals surface area (Å²) in [6, 6.07) is 14.3. The highest BCUT2D eigenvalue weighted by Crippen LogP contribution is 2.32. The second-order valence-corrected chi connectivity index (χ2v) is 7.87. The molecule has 0 aliphatic heterocycles. The first-order valence-corrected chi connectivity index (χ1v) is 10.4. The Morgan fingerprint density at radius 2 is 1.78 bits per heavy atom. The van der Waals surface area contributed by atoms with Crippen LogP contribution < -0.4 is 9.81 Å². The van der Waals surface area contributed by atoms with Gasteiger partial charge in [-0.2, -0.15) is 13.2 Å². The number of halogens is 4. The molecule has 0 fully saturated rings. The van der Waals surface area contributed by atoms with Gasteiger partial charge in [0.05, 0.1) is 22.5 Å². The van der Waals surface area contributed by atoms with Crippen LogP contribution in [0.25, 0.3) is 10.9 Å². The first kappa shape index (κ1) is 19.9. The van der Waals surface area contributed by atoms with Crippen molar-refractivity contribution in [3.63, 3.8) is 0 Å². The Labute approximate surface area is 159 Å². The third kappa shape index (κ3) is 5.31. The molecule has 0 aliphatic rings. The molecular formula is C18H16F4N3PS. The summed E-state index contributed by atoms with van der Waals surface area (Å²) in [5.41, 5.74) is 1.48. The molecule has 1 unspecified atom stereocenters. The standard InChI is InChI=1S/C18H16F4N3PS/c1-26(22)23-11-14-8-5-12-3-2-4-16(17(12)24-14)25-27-15-9-6-13(7-10-15)18(19,20)21/h2-10,23,25H,11H2,1H3. The number of fused-ring (bicyclic) bond motifs is 1. The summed E-state index contributed by atoms with van der Waals surface area (Å²) in [5, 5.41) is 3.65. The largest absolute Gasteiger partial charge is 0.416 e. The maximum absolute atomic E-state index is 13.0. The van der Waals surface area contributed by atoms with E-state index in [4.69, 9.17) is 0 Å². The van der Waals surface area contributed by atoms with Crippen molar-refractivity contribution in [3.8, 4) is 0 Å². The van der Waals surface area contributed by atoms with Crippen LogP contribution >= 0.6 is 20.3 Å². The highest BCUT2D eigenvalue weighted by atomic mass is 32.2. The van der Waals surface area contributed by atoms with Crippen LogP contribution in [0.3, 0.4) is 0 Å². The third-order valence-corrected chi connectivity index (χ3v) is 5.14. The number of para-hydroxylation sites is 1. The van der Waals surface area contributed by atoms with E-state index in [1.807, 2.05) is 30.3 Å². The van der Waals surface area contributed by atoms with Gasteiger partial charge in [0.2, 0.25) is 0 Å². The lowest BCUT2D eigenvalue weighted by Gasteiger charge is -2.11. The molecule has 0 amide bonds. The monoisotopic (exact) mass is 413 g/mol. The number of nitrogens with zero attached hydrogens (tertiary/aromatic N) is 1. The number of aromatic nitrogens is 1. The lowest BCUT2D eigenvalue weighted by Crippen LogP contribution is -2.05. The van der Waals surface area contributed by atoms with Gasteiger partial charge in [-0.15, -0.1) is 0 Å². The zero-order valence-corrected chi connectivity index (χ0v) is 15.9. The van der Waals surface area contributed by atoms with E-state index in [1.54, 1.807) is 0 Å². The van der Waals surface area contributed by atoms with Gasteiger partial charge in [-0.1, -0.05) is 18.2 Å². The maximum atomic E-state index is 13.0. The molecule has 142 valence electrons. The molecule has 0 bridgehead atoms. The molecule has 0 aliphatic carbocycles. The van der Waals surface area contributed by atoms with E-state index >= 15 is 0 Å². The van der Waals surface area contributed by atoms with Crippen LogP contribution in [0.15, 0.2) is 59.5 Å². The van der Waals surface area contributed by atoms with Crippen molar-refractivity contribution in [1.82, 2.24) is 10.1 Å². The number of alkyl halides is 3. The molecule has 27 heavy (non-hydrogen) atoms. The fourth-order valence-electron chi connectivity index (χ4n) is 2.38. The van der Waals surface area contributed by atoms with Crippen LogP contribution in [-0.2, 0) is 12.7 Å². The number of pyridine rings is 1. The van der Waals surface area contributed by atoms with Crippen molar-refractivity contribution in [2.75, 3.05) is 11.4 Å². The predicted molar refractivity (Wildman–Crippen MR) is 103 cm³/mol. The van der Waals surface area contributed by atoms with Gasteiger partial charge in [0.25, 0.3) is 0 Å². The molecule has 3 rings (SSSR count). The average Bonchev–Trinajstić information content (AvgIpc) is 2.64. The molecule has 0 radical (unpaired) electrons. The number of nitrogens with one attached hydrogen (secondary N) is 2. The first-order chi connectivity index (χ1) is 12.8. The SMILES string of the molecule is CP(F)NCc1ccc2cccc(NSc3ccc(C(F)(F)F)cc3)c2n1. The lowest BCUT2D eigenvalue weighted by molar-refractivity contribution is -0.137. The Morgan fingerprint density at radius 1 is 1.04 bits per heavy atom. The van der Waals surface area contributed by atoms with Gasteiger partial charge in [0, 0.05) is 16.8 Å². The van der Waals surface area contributed by atoms with E-state index in [0.717, 1.165) is 28.7 Å². The molecule has 1 atom stereocenters. The normalized spacial score (nSPS) is 12.9. The fraction of sp³-hybridized carbons (Fsp3) is 0.167. The van der Waals surface area contributed by atoms with E-state index in [1.165, 1.54) is 30.7 Å². The number of anilines is 1. The van der Waals surface area contributed by atoms with Crippen LogP contribution in [0.4, 0.5) is 23.1 Å². The molecule has 9 heteroatoms. The Balaban J connectivity index is 1.76. The Bertz CT molecular complexity index is 917. The summed E-state index contributed by atoms with van der Waals surface area (Å²) in [6.07, 6.45) is -4.35. The number of benzene rings is 2. The summed E-state index contributed by atoms with van der Waals surface area (Å²) in [7, 11) is -1.71. The minimum atomic E-state index is -4.35. The zero-order valence-electron chi connectivity index (χ0n) is 14.2. The number of hydrogen-bond donors (Lipinski definition) is 2. The highest BCUT2D eigenvalue weighted by molar-refractivity contribution is 8.00. The van der Waals surface area contributed by atoms with Crippen molar-refractivity contribution >= 4 is 36.9 Å². The van der Waals surface area contributed by atoms with Crippen molar-refractivity contribution in [2.45, 2.75) is 17.6 Å². The van der Waals surface area contributed by atoms with Gasteiger partial charge in [-0.25, -0.2) is 9.18 Å². The van der Waals surface area contributed by atoms with Gasteiger partial charge in [0.1, 0.15) is 0 Å². The smallest absolute Gasteiger partial charge is 0.324 e. The summed E-state index contributed by atoms with van der Waals surface area (Å²) >= 11 is 1.20. The summed E-state index contributed by atoms with van der Waals surface area (Å²) in [5.74, 6) is 0. The van der Waals surface area contributed by atoms with Gasteiger partial charge in [-0.05, 0) is 55.0 Å². The molecule has 1 aromatic heterocycles.